The van der Waals surface area contributed by atoms with Crippen molar-refractivity contribution in [3.8, 4) is 12.3 Å². The molecule has 1 aromatic rings. The minimum absolute atomic E-state index is 0.0634. The number of carboxylic acids is 1. The summed E-state index contributed by atoms with van der Waals surface area (Å²) in [6.07, 6.45) is 4.86. The summed E-state index contributed by atoms with van der Waals surface area (Å²) in [5, 5.41) is 18.9. The zero-order valence-corrected chi connectivity index (χ0v) is 14.1. The molecule has 25 heavy (non-hydrogen) atoms. The maximum atomic E-state index is 12.5. The first-order valence-electron chi connectivity index (χ1n) is 7.48. The lowest BCUT2D eigenvalue weighted by Gasteiger charge is -2.35. The highest BCUT2D eigenvalue weighted by molar-refractivity contribution is 7.89. The van der Waals surface area contributed by atoms with Crippen LogP contribution in [0.5, 0.6) is 0 Å². The number of piperidine rings is 1. The van der Waals surface area contributed by atoms with Crippen molar-refractivity contribution in [1.82, 2.24) is 9.62 Å². The van der Waals surface area contributed by atoms with Crippen molar-refractivity contribution in [2.24, 2.45) is 0 Å². The van der Waals surface area contributed by atoms with Gasteiger partial charge in [0.2, 0.25) is 10.0 Å². The molecule has 1 amide bonds. The molecule has 0 atom stereocenters. The number of nitrogens with zero attached hydrogens (tertiary/aromatic N) is 1. The SMILES string of the molecule is C#CCNS(=O)(=O)c1cccc(C(=O)N2CCC(O)(C(=O)O)CC2)c1. The first kappa shape index (κ1) is 18.9. The second-order valence-electron chi connectivity index (χ2n) is 5.69. The molecule has 134 valence electrons. The third-order valence-corrected chi connectivity index (χ3v) is 5.43. The minimum atomic E-state index is -3.82. The van der Waals surface area contributed by atoms with Crippen LogP contribution in [0.3, 0.4) is 0 Å². The molecule has 0 bridgehead atoms. The number of carboxylic acid groups (broad SMARTS) is 1. The molecule has 9 heteroatoms. The topological polar surface area (TPSA) is 124 Å². The van der Waals surface area contributed by atoms with E-state index in [0.29, 0.717) is 0 Å². The summed E-state index contributed by atoms with van der Waals surface area (Å²) in [6.45, 7) is -0.0394. The van der Waals surface area contributed by atoms with Crippen LogP contribution in [0.2, 0.25) is 0 Å². The summed E-state index contributed by atoms with van der Waals surface area (Å²) in [5.74, 6) is 0.420. The van der Waals surface area contributed by atoms with Gasteiger partial charge in [-0.2, -0.15) is 4.72 Å². The number of carbonyl (C=O) groups is 2. The molecule has 1 aromatic carbocycles. The van der Waals surface area contributed by atoms with Crippen molar-refractivity contribution < 1.29 is 28.2 Å². The summed E-state index contributed by atoms with van der Waals surface area (Å²) >= 11 is 0. The average Bonchev–Trinajstić information content (AvgIpc) is 2.60. The zero-order chi connectivity index (χ0) is 18.7. The highest BCUT2D eigenvalue weighted by atomic mass is 32.2. The van der Waals surface area contributed by atoms with Crippen LogP contribution in [0.1, 0.15) is 23.2 Å². The van der Waals surface area contributed by atoms with Gasteiger partial charge in [0, 0.05) is 31.5 Å². The molecule has 8 nitrogen and oxygen atoms in total. The molecule has 1 aliphatic rings. The molecule has 1 aliphatic heterocycles. The van der Waals surface area contributed by atoms with Crippen LogP contribution in [0.15, 0.2) is 29.2 Å². The number of carbonyl (C=O) groups excluding carboxylic acids is 1. The summed E-state index contributed by atoms with van der Waals surface area (Å²) in [6, 6.07) is 5.49. The van der Waals surface area contributed by atoms with Gasteiger partial charge in [-0.25, -0.2) is 13.2 Å². The smallest absolute Gasteiger partial charge is 0.335 e. The van der Waals surface area contributed by atoms with Gasteiger partial charge >= 0.3 is 5.97 Å². The molecular weight excluding hydrogens is 348 g/mol. The molecule has 2 rings (SSSR count). The Labute approximate surface area is 145 Å². The van der Waals surface area contributed by atoms with E-state index < -0.39 is 27.5 Å². The second-order valence-corrected chi connectivity index (χ2v) is 7.45. The normalized spacial score (nSPS) is 16.9. The Balaban J connectivity index is 2.15. The van der Waals surface area contributed by atoms with E-state index in [1.807, 2.05) is 0 Å². The lowest BCUT2D eigenvalue weighted by atomic mass is 9.91. The van der Waals surface area contributed by atoms with E-state index in [1.165, 1.54) is 29.2 Å². The van der Waals surface area contributed by atoms with Crippen molar-refractivity contribution in [2.45, 2.75) is 23.3 Å². The largest absolute Gasteiger partial charge is 0.479 e. The molecule has 0 saturated carbocycles. The number of hydrogen-bond donors (Lipinski definition) is 3. The average molecular weight is 366 g/mol. The monoisotopic (exact) mass is 366 g/mol. The maximum absolute atomic E-state index is 12.5. The quantitative estimate of drug-likeness (QED) is 0.612. The fourth-order valence-electron chi connectivity index (χ4n) is 2.49. The molecular formula is C16H18N2O6S. The summed E-state index contributed by atoms with van der Waals surface area (Å²) in [4.78, 5) is 24.8. The predicted octanol–water partition coefficient (Wildman–Crippen LogP) is -0.350. The summed E-state index contributed by atoms with van der Waals surface area (Å²) in [5.41, 5.74) is -1.68. The van der Waals surface area contributed by atoms with E-state index in [2.05, 4.69) is 10.6 Å². The van der Waals surface area contributed by atoms with Gasteiger partial charge in [0.1, 0.15) is 0 Å². The number of nitrogens with one attached hydrogen (secondary N) is 1. The Bertz CT molecular complexity index is 819. The highest BCUT2D eigenvalue weighted by Crippen LogP contribution is 2.24. The molecule has 0 radical (unpaired) electrons. The van der Waals surface area contributed by atoms with Gasteiger partial charge in [0.25, 0.3) is 5.91 Å². The van der Waals surface area contributed by atoms with Gasteiger partial charge in [0.05, 0.1) is 11.4 Å². The number of amides is 1. The van der Waals surface area contributed by atoms with Crippen LogP contribution < -0.4 is 4.72 Å². The molecule has 0 aliphatic carbocycles. The molecule has 3 N–H and O–H groups in total. The van der Waals surface area contributed by atoms with Crippen molar-refractivity contribution in [3.63, 3.8) is 0 Å². The van der Waals surface area contributed by atoms with Gasteiger partial charge < -0.3 is 15.1 Å². The Morgan fingerprint density at radius 3 is 2.52 bits per heavy atom. The van der Waals surface area contributed by atoms with Crippen molar-refractivity contribution in [2.75, 3.05) is 19.6 Å². The van der Waals surface area contributed by atoms with Crippen LogP contribution in [-0.4, -0.2) is 60.6 Å². The lowest BCUT2D eigenvalue weighted by molar-refractivity contribution is -0.162. The van der Waals surface area contributed by atoms with Crippen LogP contribution in [0.25, 0.3) is 0 Å². The third kappa shape index (κ3) is 4.17. The van der Waals surface area contributed by atoms with E-state index in [4.69, 9.17) is 11.5 Å². The molecule has 1 saturated heterocycles. The van der Waals surface area contributed by atoms with Gasteiger partial charge in [-0.1, -0.05) is 12.0 Å². The number of benzene rings is 1. The zero-order valence-electron chi connectivity index (χ0n) is 13.3. The van der Waals surface area contributed by atoms with E-state index in [-0.39, 0.29) is 42.9 Å². The number of terminal acetylenes is 1. The van der Waals surface area contributed by atoms with Gasteiger partial charge in [0.15, 0.2) is 5.60 Å². The molecule has 1 heterocycles. The maximum Gasteiger partial charge on any atom is 0.335 e. The molecule has 1 fully saturated rings. The summed E-state index contributed by atoms with van der Waals surface area (Å²) in [7, 11) is -3.82. The predicted molar refractivity (Wildman–Crippen MR) is 88.2 cm³/mol. The summed E-state index contributed by atoms with van der Waals surface area (Å²) < 4.78 is 26.4. The first-order chi connectivity index (χ1) is 11.7. The number of sulfonamides is 1. The van der Waals surface area contributed by atoms with Crippen molar-refractivity contribution in [3.05, 3.63) is 29.8 Å². The van der Waals surface area contributed by atoms with Crippen LogP contribution in [-0.2, 0) is 14.8 Å². The van der Waals surface area contributed by atoms with Crippen molar-refractivity contribution in [1.29, 1.82) is 0 Å². The Kier molecular flexibility index (Phi) is 5.47. The van der Waals surface area contributed by atoms with Gasteiger partial charge in [-0.3, -0.25) is 4.79 Å². The minimum Gasteiger partial charge on any atom is -0.479 e. The van der Waals surface area contributed by atoms with Crippen LogP contribution >= 0.6 is 0 Å². The van der Waals surface area contributed by atoms with Crippen LogP contribution in [0.4, 0.5) is 0 Å². The Morgan fingerprint density at radius 2 is 1.96 bits per heavy atom. The number of aliphatic hydroxyl groups is 1. The fourth-order valence-corrected chi connectivity index (χ4v) is 3.47. The lowest BCUT2D eigenvalue weighted by Crippen LogP contribution is -2.50. The number of hydrogen-bond acceptors (Lipinski definition) is 5. The molecule has 0 unspecified atom stereocenters. The fraction of sp³-hybridized carbons (Fsp3) is 0.375. The number of rotatable bonds is 5. The number of aliphatic carboxylic acids is 1. The van der Waals surface area contributed by atoms with E-state index in [1.54, 1.807) is 0 Å². The van der Waals surface area contributed by atoms with E-state index in [0.717, 1.165) is 0 Å². The van der Waals surface area contributed by atoms with E-state index >= 15 is 0 Å². The standard InChI is InChI=1S/C16H18N2O6S/c1-2-8-17-25(23,24)13-5-3-4-12(11-13)14(19)18-9-6-16(22,7-10-18)15(20)21/h1,3-5,11,17,22H,6-10H2,(H,20,21). The van der Waals surface area contributed by atoms with Crippen molar-refractivity contribution >= 4 is 21.9 Å². The second kappa shape index (κ2) is 7.23. The van der Waals surface area contributed by atoms with E-state index in [9.17, 15) is 23.1 Å². The Hall–Kier alpha value is -2.41. The van der Waals surface area contributed by atoms with Crippen LogP contribution in [0, 0.1) is 12.3 Å². The van der Waals surface area contributed by atoms with Gasteiger partial charge in [-0.15, -0.1) is 6.42 Å². The molecule has 0 spiro atoms. The first-order valence-corrected chi connectivity index (χ1v) is 8.96. The highest BCUT2D eigenvalue weighted by Gasteiger charge is 2.40. The number of likely N-dealkylation sites (tertiary alicyclic amines) is 1. The molecule has 0 aromatic heterocycles. The third-order valence-electron chi connectivity index (χ3n) is 4.03. The Morgan fingerprint density at radius 1 is 1.32 bits per heavy atom. The van der Waals surface area contributed by atoms with Gasteiger partial charge in [-0.05, 0) is 18.2 Å².